The molecule has 2 aromatic carbocycles. The first-order chi connectivity index (χ1) is 35.0. The second kappa shape index (κ2) is 19.9. The number of phenolic OH excluding ortho intramolecular Hbond substituents is 3. The summed E-state index contributed by atoms with van der Waals surface area (Å²) in [5.74, 6) is 7.30. The predicted octanol–water partition coefficient (Wildman–Crippen LogP) is 7.08. The van der Waals surface area contributed by atoms with Gasteiger partial charge in [0.05, 0.1) is 41.6 Å². The van der Waals surface area contributed by atoms with E-state index >= 15 is 0 Å². The maximum atomic E-state index is 12.8. The number of dihydropyridines is 1. The average molecular weight is 975 g/mol. The molecule has 10 unspecified atom stereocenters. The van der Waals surface area contributed by atoms with Crippen LogP contribution in [0.5, 0.6) is 28.7 Å². The number of aliphatic imine (C=N–C) groups is 1. The topological polar surface area (TPSA) is 223 Å². The lowest BCUT2D eigenvalue weighted by Crippen LogP contribution is -2.67. The number of nitrogens with zero attached hydrogens (tertiary/aromatic N) is 3. The van der Waals surface area contributed by atoms with Gasteiger partial charge in [-0.05, 0) is 103 Å². The summed E-state index contributed by atoms with van der Waals surface area (Å²) in [5, 5.41) is 45.4. The molecule has 9 N–H and O–H groups in total. The van der Waals surface area contributed by atoms with E-state index in [-0.39, 0.29) is 65.5 Å². The molecule has 3 fully saturated rings. The minimum Gasteiger partial charge on any atom is -0.504 e. The third-order valence-corrected chi connectivity index (χ3v) is 15.3. The van der Waals surface area contributed by atoms with E-state index in [4.69, 9.17) is 29.7 Å². The fourth-order valence-corrected chi connectivity index (χ4v) is 11.8. The lowest BCUT2D eigenvalue weighted by Gasteiger charge is -2.51. The molecule has 3 aromatic heterocycles. The lowest BCUT2D eigenvalue weighted by atomic mass is 9.67. The number of nitrogens with one attached hydrogen (secondary N) is 4. The molecule has 2 bridgehead atoms. The standard InChI is InChI=1S/C56H62N8O8/c1-33(65)70-48-28-47(39-26-45(67)53(68)50(27-39)69-22-16-35-6-3-18-58-30-35)72-54-40(48)11-9-37-10-12-42-46(71-49-24-36(23-41(37)54)8-13-44(49)66)7-2-17-56(42)29-52(64-31-38-15-21-59-43(38)32-64)62-55(63-56)61-19-4-5-34-14-20-60-51(57)25-34/h3,6,8-9,11,13-15,18,21,24-27,30-32,37,40-42,46-48,52,54,59-60,66-68H,2,4-5,7,16-17,19-20,22-23,28-29,57H2,1H3,(H2,61,62,63). The van der Waals surface area contributed by atoms with Crippen molar-refractivity contribution in [2.24, 2.45) is 34.4 Å². The van der Waals surface area contributed by atoms with Crippen molar-refractivity contribution in [3.8, 4) is 40.6 Å². The summed E-state index contributed by atoms with van der Waals surface area (Å²) in [7, 11) is 0. The van der Waals surface area contributed by atoms with E-state index in [9.17, 15) is 20.1 Å². The van der Waals surface area contributed by atoms with Crippen molar-refractivity contribution in [3.05, 3.63) is 132 Å². The number of aromatic nitrogens is 3. The molecule has 5 aromatic rings. The van der Waals surface area contributed by atoms with Gasteiger partial charge in [-0.2, -0.15) is 0 Å². The molecule has 1 saturated carbocycles. The molecule has 6 aliphatic rings. The Kier molecular flexibility index (Phi) is 13.0. The van der Waals surface area contributed by atoms with Crippen molar-refractivity contribution in [3.63, 3.8) is 0 Å². The lowest BCUT2D eigenvalue weighted by molar-refractivity contribution is -0.179. The number of rotatable bonds is 11. The molecule has 2 saturated heterocycles. The number of pyridine rings is 1. The highest BCUT2D eigenvalue weighted by atomic mass is 16.6. The van der Waals surface area contributed by atoms with Crippen LogP contribution in [0.2, 0.25) is 0 Å². The van der Waals surface area contributed by atoms with Crippen LogP contribution in [0.1, 0.15) is 80.8 Å². The Labute approximate surface area is 418 Å². The van der Waals surface area contributed by atoms with Gasteiger partial charge in [-0.15, -0.1) is 0 Å². The maximum absolute atomic E-state index is 12.8. The van der Waals surface area contributed by atoms with Gasteiger partial charge in [0, 0.05) is 93.4 Å². The molecule has 72 heavy (non-hydrogen) atoms. The smallest absolute Gasteiger partial charge is 0.302 e. The molecule has 16 heteroatoms. The fourth-order valence-electron chi connectivity index (χ4n) is 11.8. The summed E-state index contributed by atoms with van der Waals surface area (Å²) in [6.07, 6.45) is 22.0. The van der Waals surface area contributed by atoms with E-state index in [2.05, 4.69) is 79.0 Å². The number of fused-ring (bicyclic) bond motifs is 8. The Hall–Kier alpha value is -7.51. The number of H-pyrrole nitrogens is 1. The first-order valence-electron chi connectivity index (χ1n) is 25.3. The summed E-state index contributed by atoms with van der Waals surface area (Å²) in [5.41, 5.74) is 10.2. The number of carbonyl (C=O) groups excluding carboxylic acids is 1. The number of carbonyl (C=O) groups is 1. The zero-order chi connectivity index (χ0) is 49.3. The first-order valence-corrected chi connectivity index (χ1v) is 25.3. The molecule has 7 heterocycles. The molecule has 1 spiro atoms. The number of guanidine groups is 1. The Balaban J connectivity index is 0.936. The first kappa shape index (κ1) is 46.8. The number of aromatic amines is 1. The number of benzene rings is 2. The van der Waals surface area contributed by atoms with Gasteiger partial charge in [0.2, 0.25) is 5.75 Å². The predicted molar refractivity (Wildman–Crippen MR) is 271 cm³/mol. The molecular formula is C56H62N8O8. The SMILES string of the molecule is CC(=O)OC1CC(c2cc(O)c(O)c(OCCc3cccnc3)c2)OC2C1C=CC1C#CC3C(CCCC34CC(n3cc5cc[nH]c5c3)NC(=NCCCC3=CCNC(N)=C3)N4)Oc3cc(ccc3O)CC12. The second-order valence-corrected chi connectivity index (χ2v) is 20.1. The molecule has 0 amide bonds. The summed E-state index contributed by atoms with van der Waals surface area (Å²) < 4.78 is 28.5. The Morgan fingerprint density at radius 3 is 2.85 bits per heavy atom. The van der Waals surface area contributed by atoms with Crippen LogP contribution in [0, 0.1) is 35.5 Å². The molecule has 11 rings (SSSR count). The highest BCUT2D eigenvalue weighted by Crippen LogP contribution is 2.49. The van der Waals surface area contributed by atoms with Gasteiger partial charge in [-0.25, -0.2) is 0 Å². The van der Waals surface area contributed by atoms with Gasteiger partial charge < -0.3 is 65.5 Å². The van der Waals surface area contributed by atoms with Crippen LogP contribution in [0.3, 0.4) is 0 Å². The van der Waals surface area contributed by atoms with Crippen molar-refractivity contribution in [2.75, 3.05) is 19.7 Å². The quantitative estimate of drug-likeness (QED) is 0.0218. The highest BCUT2D eigenvalue weighted by Gasteiger charge is 2.52. The van der Waals surface area contributed by atoms with Gasteiger partial charge in [-0.3, -0.25) is 14.8 Å². The van der Waals surface area contributed by atoms with Gasteiger partial charge in [0.1, 0.15) is 18.4 Å². The minimum absolute atomic E-state index is 0.0538. The third kappa shape index (κ3) is 9.77. The maximum Gasteiger partial charge on any atom is 0.302 e. The minimum atomic E-state index is -0.647. The van der Waals surface area contributed by atoms with Crippen molar-refractivity contribution in [2.45, 2.75) is 101 Å². The number of nitrogens with two attached hydrogens (primary N) is 1. The number of hydrogen-bond acceptors (Lipinski definition) is 12. The third-order valence-electron chi connectivity index (χ3n) is 15.3. The van der Waals surface area contributed by atoms with Gasteiger partial charge in [0.25, 0.3) is 0 Å². The monoisotopic (exact) mass is 974 g/mol. The molecule has 0 radical (unpaired) electrons. The van der Waals surface area contributed by atoms with Crippen LogP contribution >= 0.6 is 0 Å². The number of phenols is 3. The van der Waals surface area contributed by atoms with Gasteiger partial charge in [-0.1, -0.05) is 42.2 Å². The molecular weight excluding hydrogens is 913 g/mol. The molecule has 10 atom stereocenters. The summed E-state index contributed by atoms with van der Waals surface area (Å²) in [6, 6.07) is 14.6. The van der Waals surface area contributed by atoms with Crippen molar-refractivity contribution in [1.82, 2.24) is 30.5 Å². The van der Waals surface area contributed by atoms with Crippen LogP contribution in [0.25, 0.3) is 10.9 Å². The second-order valence-electron chi connectivity index (χ2n) is 20.1. The van der Waals surface area contributed by atoms with Crippen LogP contribution in [-0.4, -0.2) is 85.3 Å². The summed E-state index contributed by atoms with van der Waals surface area (Å²) in [6.45, 7) is 2.96. The summed E-state index contributed by atoms with van der Waals surface area (Å²) in [4.78, 5) is 25.5. The largest absolute Gasteiger partial charge is 0.504 e. The van der Waals surface area contributed by atoms with Crippen LogP contribution < -0.4 is 31.2 Å². The molecule has 2 aliphatic carbocycles. The zero-order valence-electron chi connectivity index (χ0n) is 40.3. The Morgan fingerprint density at radius 2 is 2.00 bits per heavy atom. The molecule has 374 valence electrons. The van der Waals surface area contributed by atoms with E-state index in [0.717, 1.165) is 60.7 Å². The highest BCUT2D eigenvalue weighted by molar-refractivity contribution is 5.83. The van der Waals surface area contributed by atoms with E-state index in [1.54, 1.807) is 24.5 Å². The Bertz CT molecular complexity index is 2980. The molecule has 16 nitrogen and oxygen atoms in total. The van der Waals surface area contributed by atoms with E-state index in [1.165, 1.54) is 18.6 Å². The van der Waals surface area contributed by atoms with E-state index in [1.807, 2.05) is 36.5 Å². The van der Waals surface area contributed by atoms with Crippen LogP contribution in [0.15, 0.2) is 120 Å². The van der Waals surface area contributed by atoms with Crippen molar-refractivity contribution >= 4 is 22.8 Å². The Morgan fingerprint density at radius 1 is 1.08 bits per heavy atom. The number of aromatic hydroxyl groups is 3. The number of esters is 1. The van der Waals surface area contributed by atoms with Crippen LogP contribution in [0.4, 0.5) is 0 Å². The number of ether oxygens (including phenoxy) is 4. The van der Waals surface area contributed by atoms with Gasteiger partial charge >= 0.3 is 5.97 Å². The fraction of sp³-hybridized carbons (Fsp3) is 0.411. The van der Waals surface area contributed by atoms with E-state index < -0.39 is 29.8 Å². The number of hydrogen-bond donors (Lipinski definition) is 8. The zero-order valence-corrected chi connectivity index (χ0v) is 40.3. The van der Waals surface area contributed by atoms with Crippen LogP contribution in [-0.2, 0) is 27.1 Å². The molecule has 4 aliphatic heterocycles. The van der Waals surface area contributed by atoms with Crippen molar-refractivity contribution in [1.29, 1.82) is 0 Å². The average Bonchev–Trinajstić information content (AvgIpc) is 3.99. The summed E-state index contributed by atoms with van der Waals surface area (Å²) >= 11 is 0. The van der Waals surface area contributed by atoms with E-state index in [0.29, 0.717) is 55.3 Å². The number of allylic oxidation sites excluding steroid dienone is 3. The van der Waals surface area contributed by atoms with Crippen molar-refractivity contribution < 1.29 is 39.1 Å². The van der Waals surface area contributed by atoms with Gasteiger partial charge in [0.15, 0.2) is 29.0 Å². The normalized spacial score (nSPS) is 29.0.